The highest BCUT2D eigenvalue weighted by atomic mass is 32.2. The first-order valence-electron chi connectivity index (χ1n) is 10.3. The molecular weight excluding hydrogens is 432 g/mol. The van der Waals surface area contributed by atoms with E-state index >= 15 is 0 Å². The molecule has 9 nitrogen and oxygen atoms in total. The quantitative estimate of drug-likeness (QED) is 0.509. The van der Waals surface area contributed by atoms with Crippen molar-refractivity contribution in [1.82, 2.24) is 14.3 Å². The summed E-state index contributed by atoms with van der Waals surface area (Å²) in [6.07, 6.45) is 1.00. The number of nitrogens with two attached hydrogens (primary N) is 1. The predicted octanol–water partition coefficient (Wildman–Crippen LogP) is 0.779. The number of carbonyl (C=O) groups is 2. The van der Waals surface area contributed by atoms with Gasteiger partial charge >= 0.3 is 0 Å². The molecule has 0 saturated carbocycles. The Morgan fingerprint density at radius 2 is 1.69 bits per heavy atom. The average molecular weight is 461 g/mol. The largest absolute Gasteiger partial charge is 0.496 e. The summed E-state index contributed by atoms with van der Waals surface area (Å²) in [6.45, 7) is 0.384. The van der Waals surface area contributed by atoms with Crippen LogP contribution in [0.25, 0.3) is 0 Å². The van der Waals surface area contributed by atoms with Crippen molar-refractivity contribution in [3.63, 3.8) is 0 Å². The number of primary amides is 1. The zero-order valence-corrected chi connectivity index (χ0v) is 18.7. The fourth-order valence-electron chi connectivity index (χ4n) is 3.94. The Hall–Kier alpha value is -2.95. The van der Waals surface area contributed by atoms with Crippen LogP contribution in [0.2, 0.25) is 0 Å². The molecule has 32 heavy (non-hydrogen) atoms. The summed E-state index contributed by atoms with van der Waals surface area (Å²) in [7, 11) is -2.30. The highest BCUT2D eigenvalue weighted by Gasteiger charge is 2.39. The number of benzene rings is 2. The molecule has 1 saturated heterocycles. The number of para-hydroxylation sites is 1. The van der Waals surface area contributed by atoms with Gasteiger partial charge < -0.3 is 15.8 Å². The number of ether oxygens (including phenoxy) is 1. The lowest BCUT2D eigenvalue weighted by molar-refractivity contribution is -0.116. The van der Waals surface area contributed by atoms with E-state index in [-0.39, 0.29) is 19.0 Å². The summed E-state index contributed by atoms with van der Waals surface area (Å²) < 4.78 is 33.8. The van der Waals surface area contributed by atoms with E-state index in [1.165, 1.54) is 11.4 Å². The van der Waals surface area contributed by atoms with E-state index in [1.54, 1.807) is 24.3 Å². The van der Waals surface area contributed by atoms with Crippen molar-refractivity contribution in [2.45, 2.75) is 18.3 Å². The monoisotopic (exact) mass is 460 g/mol. The molecule has 0 aliphatic carbocycles. The Kier molecular flexibility index (Phi) is 7.49. The van der Waals surface area contributed by atoms with Gasteiger partial charge in [0.1, 0.15) is 5.75 Å². The van der Waals surface area contributed by atoms with Crippen molar-refractivity contribution in [2.75, 3.05) is 33.3 Å². The van der Waals surface area contributed by atoms with Gasteiger partial charge in [0.25, 0.3) is 16.1 Å². The Morgan fingerprint density at radius 1 is 1.06 bits per heavy atom. The van der Waals surface area contributed by atoms with Crippen molar-refractivity contribution in [3.8, 4) is 5.75 Å². The molecule has 0 spiro atoms. The van der Waals surface area contributed by atoms with Crippen LogP contribution in [-0.4, -0.2) is 57.8 Å². The summed E-state index contributed by atoms with van der Waals surface area (Å²) in [5.74, 6) is -0.514. The Labute approximate surface area is 188 Å². The van der Waals surface area contributed by atoms with Gasteiger partial charge in [-0.25, -0.2) is 0 Å². The van der Waals surface area contributed by atoms with Gasteiger partial charge in [-0.05, 0) is 30.5 Å². The summed E-state index contributed by atoms with van der Waals surface area (Å²) in [5, 5.41) is 3.01. The first-order valence-corrected chi connectivity index (χ1v) is 11.7. The second-order valence-corrected chi connectivity index (χ2v) is 9.48. The van der Waals surface area contributed by atoms with Gasteiger partial charge in [0.15, 0.2) is 0 Å². The maximum absolute atomic E-state index is 12.9. The van der Waals surface area contributed by atoms with E-state index in [0.29, 0.717) is 30.7 Å². The second kappa shape index (κ2) is 10.1. The normalized spacial score (nSPS) is 16.3. The number of amides is 2. The maximum Gasteiger partial charge on any atom is 0.279 e. The fourth-order valence-corrected chi connectivity index (χ4v) is 5.11. The first-order chi connectivity index (χ1) is 15.3. The van der Waals surface area contributed by atoms with Gasteiger partial charge in [-0.1, -0.05) is 42.5 Å². The molecule has 1 heterocycles. The number of carbonyl (C=O) groups excluding carboxylic acids is 2. The van der Waals surface area contributed by atoms with E-state index in [0.717, 1.165) is 5.56 Å². The van der Waals surface area contributed by atoms with Crippen molar-refractivity contribution in [1.29, 1.82) is 0 Å². The maximum atomic E-state index is 12.9. The number of methoxy groups -OCH3 is 1. The number of piperidine rings is 1. The molecule has 3 rings (SSSR count). The Morgan fingerprint density at radius 3 is 2.31 bits per heavy atom. The van der Waals surface area contributed by atoms with Crippen LogP contribution in [-0.2, 0) is 20.4 Å². The molecule has 1 aliphatic heterocycles. The molecule has 2 aromatic rings. The van der Waals surface area contributed by atoms with Crippen molar-refractivity contribution >= 4 is 22.0 Å². The van der Waals surface area contributed by atoms with E-state index in [9.17, 15) is 18.0 Å². The predicted molar refractivity (Wildman–Crippen MR) is 120 cm³/mol. The zero-order valence-electron chi connectivity index (χ0n) is 17.9. The van der Waals surface area contributed by atoms with Crippen LogP contribution in [0.3, 0.4) is 0 Å². The number of hydrogen-bond donors (Lipinski definition) is 3. The van der Waals surface area contributed by atoms with Crippen molar-refractivity contribution < 1.29 is 22.7 Å². The van der Waals surface area contributed by atoms with Crippen molar-refractivity contribution in [2.24, 2.45) is 5.73 Å². The highest BCUT2D eigenvalue weighted by Crippen LogP contribution is 2.36. The van der Waals surface area contributed by atoms with Crippen LogP contribution in [0.15, 0.2) is 54.6 Å². The van der Waals surface area contributed by atoms with E-state index in [1.807, 2.05) is 30.3 Å². The third kappa shape index (κ3) is 5.45. The van der Waals surface area contributed by atoms with Gasteiger partial charge in [0.05, 0.1) is 19.2 Å². The van der Waals surface area contributed by atoms with Gasteiger partial charge in [-0.3, -0.25) is 9.59 Å². The molecule has 1 fully saturated rings. The lowest BCUT2D eigenvalue weighted by Crippen LogP contribution is -2.53. The zero-order chi connectivity index (χ0) is 23.2. The minimum atomic E-state index is -3.82. The molecule has 4 N–H and O–H groups in total. The van der Waals surface area contributed by atoms with Crippen molar-refractivity contribution in [3.05, 3.63) is 65.7 Å². The summed E-state index contributed by atoms with van der Waals surface area (Å²) in [4.78, 5) is 23.8. The number of nitrogens with zero attached hydrogens (tertiary/aromatic N) is 1. The molecule has 2 amide bonds. The topological polar surface area (TPSA) is 131 Å². The summed E-state index contributed by atoms with van der Waals surface area (Å²) in [6, 6.07) is 16.7. The van der Waals surface area contributed by atoms with Crippen LogP contribution in [0.4, 0.5) is 0 Å². The van der Waals surface area contributed by atoms with Gasteiger partial charge in [0, 0.05) is 25.0 Å². The molecule has 0 bridgehead atoms. The molecule has 0 aromatic heterocycles. The third-order valence-electron chi connectivity index (χ3n) is 5.77. The summed E-state index contributed by atoms with van der Waals surface area (Å²) >= 11 is 0. The molecular formula is C22H28N4O5S. The van der Waals surface area contributed by atoms with Crippen LogP contribution in [0.5, 0.6) is 5.75 Å². The first kappa shape index (κ1) is 23.7. The molecule has 2 aromatic carbocycles. The lowest BCUT2D eigenvalue weighted by Gasteiger charge is -2.41. The Bertz CT molecular complexity index is 1050. The molecule has 0 radical (unpaired) electrons. The average Bonchev–Trinajstić information content (AvgIpc) is 2.82. The van der Waals surface area contributed by atoms with Crippen LogP contribution < -0.4 is 20.5 Å². The van der Waals surface area contributed by atoms with Crippen LogP contribution in [0.1, 0.15) is 28.8 Å². The third-order valence-corrected chi connectivity index (χ3v) is 7.33. The van der Waals surface area contributed by atoms with Gasteiger partial charge in [-0.15, -0.1) is 0 Å². The van der Waals surface area contributed by atoms with E-state index in [2.05, 4.69) is 10.0 Å². The smallest absolute Gasteiger partial charge is 0.279 e. The minimum Gasteiger partial charge on any atom is -0.496 e. The van der Waals surface area contributed by atoms with Crippen LogP contribution >= 0.6 is 0 Å². The van der Waals surface area contributed by atoms with Crippen LogP contribution in [0, 0.1) is 0 Å². The molecule has 172 valence electrons. The molecule has 10 heteroatoms. The number of rotatable bonds is 9. The summed E-state index contributed by atoms with van der Waals surface area (Å²) in [5.41, 5.74) is 6.08. The van der Waals surface area contributed by atoms with E-state index < -0.39 is 28.1 Å². The molecule has 0 atom stereocenters. The minimum absolute atomic E-state index is 0.244. The second-order valence-electron chi connectivity index (χ2n) is 7.72. The lowest BCUT2D eigenvalue weighted by atomic mass is 9.73. The standard InChI is InChI=1S/C22H28N4O5S/c1-31-19-10-6-5-9-18(19)21(28)24-16-22(17-7-3-2-4-8-17)11-13-26(14-12-22)32(29,30)25-15-20(23)27/h2-10,25H,11-16H2,1H3,(H2,23,27)(H,24,28). The van der Waals surface area contributed by atoms with Gasteiger partial charge in [-0.2, -0.15) is 17.4 Å². The highest BCUT2D eigenvalue weighted by molar-refractivity contribution is 7.87. The number of nitrogens with one attached hydrogen (secondary N) is 2. The fraction of sp³-hybridized carbons (Fsp3) is 0.364. The van der Waals surface area contributed by atoms with Gasteiger partial charge in [0.2, 0.25) is 5.91 Å². The van der Waals surface area contributed by atoms with E-state index in [4.69, 9.17) is 10.5 Å². The molecule has 1 aliphatic rings. The molecule has 0 unspecified atom stereocenters. The number of hydrogen-bond acceptors (Lipinski definition) is 5. The SMILES string of the molecule is COc1ccccc1C(=O)NCC1(c2ccccc2)CCN(S(=O)(=O)NCC(N)=O)CC1. The Balaban J connectivity index is 1.76.